The van der Waals surface area contributed by atoms with Gasteiger partial charge in [0.15, 0.2) is 5.96 Å². The highest BCUT2D eigenvalue weighted by Crippen LogP contribution is 2.46. The summed E-state index contributed by atoms with van der Waals surface area (Å²) < 4.78 is 0. The summed E-state index contributed by atoms with van der Waals surface area (Å²) >= 11 is 0. The van der Waals surface area contributed by atoms with Gasteiger partial charge in [-0.3, -0.25) is 19.9 Å². The summed E-state index contributed by atoms with van der Waals surface area (Å²) in [6.07, 6.45) is 2.13. The Bertz CT molecular complexity index is 1200. The molecule has 5 rings (SSSR count). The minimum Gasteiger partial charge on any atom is -0.390 e. The Morgan fingerprint density at radius 1 is 1.19 bits per heavy atom. The van der Waals surface area contributed by atoms with Crippen molar-refractivity contribution >= 4 is 17.8 Å². The number of nitrogens with zero attached hydrogens (tertiary/aromatic N) is 1. The van der Waals surface area contributed by atoms with Crippen LogP contribution in [0.25, 0.3) is 0 Å². The Morgan fingerprint density at radius 3 is 2.59 bits per heavy atom. The first kappa shape index (κ1) is 25.5. The van der Waals surface area contributed by atoms with Crippen LogP contribution in [0.2, 0.25) is 0 Å². The standard InChI is InChI=1S/C30H38N4O3/c1-17(2)30(4)16-25(36)34(29(31)33-30)27(22-12-18(3)13-22)20-9-7-10-21(14-20)28(37)32-26-23-11-6-5-8-19(23)15-24(26)35/h5-11,14,17-18,22,24,26-27,35H,12-13,15-16H2,1-4H3,(H2,31,33)(H,32,37)/t18?,22?,24-,26-,27?,30+/m1/s1. The molecule has 1 saturated carbocycles. The number of guanidine groups is 1. The van der Waals surface area contributed by atoms with Gasteiger partial charge in [0.1, 0.15) is 0 Å². The topological polar surface area (TPSA) is 106 Å². The van der Waals surface area contributed by atoms with Crippen molar-refractivity contribution in [3.8, 4) is 0 Å². The molecule has 4 atom stereocenters. The molecule has 3 aliphatic rings. The lowest BCUT2D eigenvalue weighted by molar-refractivity contribution is -0.135. The van der Waals surface area contributed by atoms with Crippen molar-refractivity contribution in [3.05, 3.63) is 70.8 Å². The fourth-order valence-electron chi connectivity index (χ4n) is 6.23. The molecule has 2 aromatic rings. The quantitative estimate of drug-likeness (QED) is 0.472. The molecule has 1 aliphatic heterocycles. The Morgan fingerprint density at radius 2 is 1.92 bits per heavy atom. The molecule has 7 heteroatoms. The predicted octanol–water partition coefficient (Wildman–Crippen LogP) is 4.33. The number of hydrogen-bond acceptors (Lipinski definition) is 4. The molecule has 1 unspecified atom stereocenters. The summed E-state index contributed by atoms with van der Waals surface area (Å²) in [6.45, 7) is 8.34. The Kier molecular flexibility index (Phi) is 6.61. The SMILES string of the molecule is CC1CC(C(c2cccc(C(=O)N[C@@H]3c4ccccc4C[C@H]3O)c2)N2C(=N)N[C@](C)(C(C)C)CC2=O)C1. The van der Waals surface area contributed by atoms with Crippen LogP contribution >= 0.6 is 0 Å². The molecule has 2 fully saturated rings. The Labute approximate surface area is 219 Å². The van der Waals surface area contributed by atoms with Gasteiger partial charge in [0.25, 0.3) is 5.91 Å². The molecule has 2 aliphatic carbocycles. The van der Waals surface area contributed by atoms with Gasteiger partial charge in [-0.25, -0.2) is 0 Å². The molecular weight excluding hydrogens is 464 g/mol. The molecule has 2 aromatic carbocycles. The van der Waals surface area contributed by atoms with E-state index in [1.807, 2.05) is 49.4 Å². The Balaban J connectivity index is 1.42. The van der Waals surface area contributed by atoms with Crippen molar-refractivity contribution in [2.45, 2.75) is 77.1 Å². The summed E-state index contributed by atoms with van der Waals surface area (Å²) in [4.78, 5) is 28.5. The number of aliphatic hydroxyl groups is 1. The van der Waals surface area contributed by atoms with E-state index >= 15 is 0 Å². The van der Waals surface area contributed by atoms with Crippen LogP contribution in [0.5, 0.6) is 0 Å². The van der Waals surface area contributed by atoms with E-state index < -0.39 is 17.7 Å². The third kappa shape index (κ3) is 4.65. The molecule has 1 saturated heterocycles. The lowest BCUT2D eigenvalue weighted by Gasteiger charge is -2.49. The fraction of sp³-hybridized carbons (Fsp3) is 0.500. The average Bonchev–Trinajstić information content (AvgIpc) is 3.14. The first-order valence-electron chi connectivity index (χ1n) is 13.4. The molecule has 37 heavy (non-hydrogen) atoms. The molecule has 0 aromatic heterocycles. The maximum absolute atomic E-state index is 13.5. The molecule has 0 radical (unpaired) electrons. The third-order valence-corrected chi connectivity index (χ3v) is 8.82. The highest BCUT2D eigenvalue weighted by Gasteiger charge is 2.46. The van der Waals surface area contributed by atoms with Crippen molar-refractivity contribution in [1.29, 1.82) is 5.41 Å². The minimum atomic E-state index is -0.665. The summed E-state index contributed by atoms with van der Waals surface area (Å²) in [6, 6.07) is 14.5. The van der Waals surface area contributed by atoms with E-state index in [0.29, 0.717) is 24.3 Å². The first-order chi connectivity index (χ1) is 17.6. The third-order valence-electron chi connectivity index (χ3n) is 8.82. The normalized spacial score (nSPS) is 29.9. The zero-order chi connectivity index (χ0) is 26.5. The largest absolute Gasteiger partial charge is 0.390 e. The predicted molar refractivity (Wildman–Crippen MR) is 143 cm³/mol. The zero-order valence-electron chi connectivity index (χ0n) is 22.1. The van der Waals surface area contributed by atoms with Crippen LogP contribution in [0.4, 0.5) is 0 Å². The number of amides is 2. The van der Waals surface area contributed by atoms with Crippen molar-refractivity contribution in [3.63, 3.8) is 0 Å². The van der Waals surface area contributed by atoms with Gasteiger partial charge in [0.2, 0.25) is 5.91 Å². The van der Waals surface area contributed by atoms with Gasteiger partial charge >= 0.3 is 0 Å². The maximum Gasteiger partial charge on any atom is 0.251 e. The molecule has 0 bridgehead atoms. The van der Waals surface area contributed by atoms with Gasteiger partial charge < -0.3 is 15.7 Å². The molecule has 0 spiro atoms. The monoisotopic (exact) mass is 502 g/mol. The van der Waals surface area contributed by atoms with Crippen LogP contribution in [-0.2, 0) is 11.2 Å². The van der Waals surface area contributed by atoms with E-state index in [0.717, 1.165) is 29.5 Å². The Hall–Kier alpha value is -3.19. The summed E-state index contributed by atoms with van der Waals surface area (Å²) in [7, 11) is 0. The number of fused-ring (bicyclic) bond motifs is 1. The molecule has 1 heterocycles. The summed E-state index contributed by atoms with van der Waals surface area (Å²) in [5.74, 6) is 0.831. The summed E-state index contributed by atoms with van der Waals surface area (Å²) in [5, 5.41) is 25.8. The average molecular weight is 503 g/mol. The second kappa shape index (κ2) is 9.60. The molecule has 4 N–H and O–H groups in total. The van der Waals surface area contributed by atoms with Crippen LogP contribution in [0.3, 0.4) is 0 Å². The lowest BCUT2D eigenvalue weighted by Crippen LogP contribution is -2.64. The highest BCUT2D eigenvalue weighted by molar-refractivity contribution is 6.00. The highest BCUT2D eigenvalue weighted by atomic mass is 16.3. The van der Waals surface area contributed by atoms with Crippen LogP contribution in [0.1, 0.15) is 86.1 Å². The van der Waals surface area contributed by atoms with Gasteiger partial charge in [-0.15, -0.1) is 0 Å². The zero-order valence-corrected chi connectivity index (χ0v) is 22.1. The van der Waals surface area contributed by atoms with E-state index in [4.69, 9.17) is 5.41 Å². The maximum atomic E-state index is 13.5. The molecule has 2 amide bonds. The number of nitrogens with one attached hydrogen (secondary N) is 3. The number of rotatable bonds is 6. The second-order valence-electron chi connectivity index (χ2n) is 11.8. The second-order valence-corrected chi connectivity index (χ2v) is 11.8. The number of carbonyl (C=O) groups excluding carboxylic acids is 2. The van der Waals surface area contributed by atoms with Crippen molar-refractivity contribution in [2.24, 2.45) is 17.8 Å². The van der Waals surface area contributed by atoms with E-state index in [1.165, 1.54) is 0 Å². The van der Waals surface area contributed by atoms with Gasteiger partial charge in [-0.1, -0.05) is 57.2 Å². The van der Waals surface area contributed by atoms with Crippen molar-refractivity contribution in [2.75, 3.05) is 0 Å². The summed E-state index contributed by atoms with van der Waals surface area (Å²) in [5.41, 5.74) is 2.90. The molecule has 196 valence electrons. The number of aliphatic hydroxyl groups excluding tert-OH is 1. The number of hydrogen-bond donors (Lipinski definition) is 4. The van der Waals surface area contributed by atoms with E-state index in [-0.39, 0.29) is 35.7 Å². The smallest absolute Gasteiger partial charge is 0.251 e. The van der Waals surface area contributed by atoms with Crippen LogP contribution in [0.15, 0.2) is 48.5 Å². The van der Waals surface area contributed by atoms with E-state index in [9.17, 15) is 14.7 Å². The van der Waals surface area contributed by atoms with Gasteiger partial charge in [-0.2, -0.15) is 0 Å². The minimum absolute atomic E-state index is 0.0509. The van der Waals surface area contributed by atoms with Crippen LogP contribution < -0.4 is 10.6 Å². The van der Waals surface area contributed by atoms with E-state index in [2.05, 4.69) is 31.4 Å². The number of carbonyl (C=O) groups is 2. The van der Waals surface area contributed by atoms with Gasteiger partial charge in [0, 0.05) is 17.5 Å². The molecular formula is C30H38N4O3. The fourth-order valence-corrected chi connectivity index (χ4v) is 6.23. The van der Waals surface area contributed by atoms with Gasteiger partial charge in [-0.05, 0) is 66.3 Å². The van der Waals surface area contributed by atoms with Crippen LogP contribution in [-0.4, -0.2) is 39.4 Å². The lowest BCUT2D eigenvalue weighted by atomic mass is 9.69. The van der Waals surface area contributed by atoms with E-state index in [1.54, 1.807) is 11.0 Å². The van der Waals surface area contributed by atoms with Crippen LogP contribution in [0, 0.1) is 23.2 Å². The number of benzene rings is 2. The van der Waals surface area contributed by atoms with Crippen molar-refractivity contribution in [1.82, 2.24) is 15.5 Å². The first-order valence-corrected chi connectivity index (χ1v) is 13.4. The van der Waals surface area contributed by atoms with Crippen molar-refractivity contribution < 1.29 is 14.7 Å². The molecule has 7 nitrogen and oxygen atoms in total. The van der Waals surface area contributed by atoms with Gasteiger partial charge in [0.05, 0.1) is 24.6 Å².